The molecule has 0 atom stereocenters. The van der Waals surface area contributed by atoms with Crippen molar-refractivity contribution in [3.05, 3.63) is 53.0 Å². The zero-order valence-corrected chi connectivity index (χ0v) is 14.7. The van der Waals surface area contributed by atoms with Crippen LogP contribution in [0.5, 0.6) is 11.5 Å². The second kappa shape index (κ2) is 7.85. The minimum atomic E-state index is -0.470. The lowest BCUT2D eigenvalue weighted by Crippen LogP contribution is -2.06. The van der Waals surface area contributed by atoms with Crippen molar-refractivity contribution in [2.45, 2.75) is 13.5 Å². The third-order valence-electron chi connectivity index (χ3n) is 3.37. The van der Waals surface area contributed by atoms with Crippen molar-refractivity contribution in [2.75, 3.05) is 13.7 Å². The summed E-state index contributed by atoms with van der Waals surface area (Å²) in [7, 11) is 1.52. The Morgan fingerprint density at radius 3 is 2.84 bits per heavy atom. The maximum absolute atomic E-state index is 12.2. The molecule has 0 saturated heterocycles. The molecule has 1 aromatic carbocycles. The van der Waals surface area contributed by atoms with Gasteiger partial charge in [-0.25, -0.2) is 4.79 Å². The molecule has 3 aromatic rings. The van der Waals surface area contributed by atoms with Gasteiger partial charge in [0.05, 0.1) is 24.2 Å². The number of esters is 1. The Labute approximate surface area is 148 Å². The van der Waals surface area contributed by atoms with E-state index in [-0.39, 0.29) is 6.61 Å². The van der Waals surface area contributed by atoms with Gasteiger partial charge in [0.25, 0.3) is 0 Å². The summed E-state index contributed by atoms with van der Waals surface area (Å²) >= 11 is 1.55. The van der Waals surface area contributed by atoms with Gasteiger partial charge in [0.1, 0.15) is 12.3 Å². The van der Waals surface area contributed by atoms with Crippen LogP contribution in [0.1, 0.15) is 23.0 Å². The molecule has 0 unspecified atom stereocenters. The Morgan fingerprint density at radius 1 is 1.24 bits per heavy atom. The minimum absolute atomic E-state index is 0.0310. The normalized spacial score (nSPS) is 10.5. The maximum Gasteiger partial charge on any atom is 0.338 e. The number of nitrogens with zero attached hydrogens (tertiary/aromatic N) is 1. The van der Waals surface area contributed by atoms with Crippen LogP contribution in [-0.2, 0) is 11.3 Å². The van der Waals surface area contributed by atoms with Crippen molar-refractivity contribution in [2.24, 2.45) is 0 Å². The molecule has 2 heterocycles. The SMILES string of the molecule is CCOc1ccc(C(=O)OCc2cc(-c3cccs3)on2)cc1OC. The van der Waals surface area contributed by atoms with Crippen molar-refractivity contribution >= 4 is 17.3 Å². The van der Waals surface area contributed by atoms with Gasteiger partial charge in [0, 0.05) is 6.07 Å². The molecule has 0 spiro atoms. The van der Waals surface area contributed by atoms with Crippen molar-refractivity contribution in [3.63, 3.8) is 0 Å². The van der Waals surface area contributed by atoms with Crippen molar-refractivity contribution < 1.29 is 23.5 Å². The van der Waals surface area contributed by atoms with Crippen molar-refractivity contribution in [3.8, 4) is 22.1 Å². The van der Waals surface area contributed by atoms with Crippen LogP contribution in [0.4, 0.5) is 0 Å². The first kappa shape index (κ1) is 17.0. The summed E-state index contributed by atoms with van der Waals surface area (Å²) in [4.78, 5) is 13.2. The van der Waals surface area contributed by atoms with E-state index in [0.29, 0.717) is 35.1 Å². The molecule has 0 N–H and O–H groups in total. The number of hydrogen-bond donors (Lipinski definition) is 0. The number of hydrogen-bond acceptors (Lipinski definition) is 7. The number of thiophene rings is 1. The lowest BCUT2D eigenvalue weighted by atomic mass is 10.2. The number of carbonyl (C=O) groups is 1. The predicted molar refractivity (Wildman–Crippen MR) is 93.1 cm³/mol. The smallest absolute Gasteiger partial charge is 0.338 e. The molecular formula is C18H17NO5S. The largest absolute Gasteiger partial charge is 0.493 e. The van der Waals surface area contributed by atoms with Gasteiger partial charge in [0.15, 0.2) is 17.3 Å². The number of rotatable bonds is 7. The lowest BCUT2D eigenvalue weighted by Gasteiger charge is -2.10. The van der Waals surface area contributed by atoms with E-state index in [1.165, 1.54) is 7.11 Å². The second-order valence-electron chi connectivity index (χ2n) is 5.03. The molecule has 3 rings (SSSR count). The van der Waals surface area contributed by atoms with Crippen LogP contribution in [0.25, 0.3) is 10.6 Å². The molecular weight excluding hydrogens is 342 g/mol. The molecule has 0 fully saturated rings. The number of benzene rings is 1. The van der Waals surface area contributed by atoms with Gasteiger partial charge in [-0.1, -0.05) is 11.2 Å². The molecule has 0 aliphatic carbocycles. The Balaban J connectivity index is 1.64. The summed E-state index contributed by atoms with van der Waals surface area (Å²) in [6, 6.07) is 10.5. The van der Waals surface area contributed by atoms with E-state index in [9.17, 15) is 4.79 Å². The van der Waals surface area contributed by atoms with Gasteiger partial charge >= 0.3 is 5.97 Å². The first-order valence-electron chi connectivity index (χ1n) is 7.68. The lowest BCUT2D eigenvalue weighted by molar-refractivity contribution is 0.0464. The number of carbonyl (C=O) groups excluding carboxylic acids is 1. The molecule has 0 radical (unpaired) electrons. The van der Waals surface area contributed by atoms with Gasteiger partial charge in [-0.15, -0.1) is 11.3 Å². The Hall–Kier alpha value is -2.80. The molecule has 2 aromatic heterocycles. The zero-order chi connectivity index (χ0) is 17.6. The minimum Gasteiger partial charge on any atom is -0.493 e. The molecule has 0 amide bonds. The standard InChI is InChI=1S/C18H17NO5S/c1-3-22-14-7-6-12(9-15(14)21-2)18(20)23-11-13-10-16(24-19-13)17-5-4-8-25-17/h4-10H,3,11H2,1-2H3. The third kappa shape index (κ3) is 4.00. The fourth-order valence-electron chi connectivity index (χ4n) is 2.21. The summed E-state index contributed by atoms with van der Waals surface area (Å²) in [5, 5.41) is 5.87. The second-order valence-corrected chi connectivity index (χ2v) is 5.98. The third-order valence-corrected chi connectivity index (χ3v) is 4.26. The van der Waals surface area contributed by atoms with Crippen molar-refractivity contribution in [1.82, 2.24) is 5.16 Å². The highest BCUT2D eigenvalue weighted by atomic mass is 32.1. The van der Waals surface area contributed by atoms with Crippen LogP contribution in [0, 0.1) is 0 Å². The van der Waals surface area contributed by atoms with E-state index in [1.54, 1.807) is 35.6 Å². The molecule has 130 valence electrons. The van der Waals surface area contributed by atoms with Crippen LogP contribution in [0.15, 0.2) is 46.3 Å². The average Bonchev–Trinajstić information content (AvgIpc) is 3.31. The monoisotopic (exact) mass is 359 g/mol. The molecule has 7 heteroatoms. The molecule has 0 aliphatic rings. The van der Waals surface area contributed by atoms with Crippen LogP contribution in [0.2, 0.25) is 0 Å². The number of aromatic nitrogens is 1. The summed E-state index contributed by atoms with van der Waals surface area (Å²) in [5.41, 5.74) is 0.928. The van der Waals surface area contributed by atoms with E-state index in [2.05, 4.69) is 5.16 Å². The van der Waals surface area contributed by atoms with Crippen LogP contribution in [0.3, 0.4) is 0 Å². The van der Waals surface area contributed by atoms with Gasteiger partial charge < -0.3 is 18.7 Å². The van der Waals surface area contributed by atoms with Crippen LogP contribution in [-0.4, -0.2) is 24.8 Å². The van der Waals surface area contributed by atoms with E-state index < -0.39 is 5.97 Å². The van der Waals surface area contributed by atoms with E-state index in [4.69, 9.17) is 18.7 Å². The Kier molecular flexibility index (Phi) is 5.35. The van der Waals surface area contributed by atoms with Crippen molar-refractivity contribution in [1.29, 1.82) is 0 Å². The van der Waals surface area contributed by atoms with Crippen LogP contribution >= 0.6 is 11.3 Å². The quantitative estimate of drug-likeness (QED) is 0.590. The molecule has 6 nitrogen and oxygen atoms in total. The maximum atomic E-state index is 12.2. The number of ether oxygens (including phenoxy) is 3. The molecule has 0 bridgehead atoms. The van der Waals surface area contributed by atoms with E-state index in [1.807, 2.05) is 24.4 Å². The average molecular weight is 359 g/mol. The molecule has 25 heavy (non-hydrogen) atoms. The summed E-state index contributed by atoms with van der Waals surface area (Å²) in [5.74, 6) is 1.25. The number of methoxy groups -OCH3 is 1. The van der Waals surface area contributed by atoms with Gasteiger partial charge in [-0.05, 0) is 36.6 Å². The molecule has 0 aliphatic heterocycles. The predicted octanol–water partition coefficient (Wildman–Crippen LogP) is 4.17. The highest BCUT2D eigenvalue weighted by molar-refractivity contribution is 7.13. The van der Waals surface area contributed by atoms with E-state index >= 15 is 0 Å². The first-order valence-corrected chi connectivity index (χ1v) is 8.56. The Bertz CT molecular complexity index is 841. The fourth-order valence-corrected chi connectivity index (χ4v) is 2.88. The molecule has 0 saturated carbocycles. The van der Waals surface area contributed by atoms with Gasteiger partial charge in [-0.2, -0.15) is 0 Å². The highest BCUT2D eigenvalue weighted by Crippen LogP contribution is 2.29. The topological polar surface area (TPSA) is 70.8 Å². The van der Waals surface area contributed by atoms with Gasteiger partial charge in [0.2, 0.25) is 0 Å². The summed E-state index contributed by atoms with van der Waals surface area (Å²) in [6.07, 6.45) is 0. The van der Waals surface area contributed by atoms with Crippen LogP contribution < -0.4 is 9.47 Å². The summed E-state index contributed by atoms with van der Waals surface area (Å²) < 4.78 is 21.2. The first-order chi connectivity index (χ1) is 12.2. The highest BCUT2D eigenvalue weighted by Gasteiger charge is 2.14. The fraction of sp³-hybridized carbons (Fsp3) is 0.222. The Morgan fingerprint density at radius 2 is 2.12 bits per heavy atom. The summed E-state index contributed by atoms with van der Waals surface area (Å²) in [6.45, 7) is 2.42. The zero-order valence-electron chi connectivity index (χ0n) is 13.9. The van der Waals surface area contributed by atoms with E-state index in [0.717, 1.165) is 4.88 Å². The van der Waals surface area contributed by atoms with Gasteiger partial charge in [-0.3, -0.25) is 0 Å².